The standard InChI is InChI=1S/C18H18N4O2S3/c1-11-15(8-16(19)24)27-18(20-11)26-10-13-9-25-17(21-13)22(12(2)23)14-6-4-3-5-7-14/h3-7,9H,8,10H2,1-2H3,(H2,19,24). The minimum absolute atomic E-state index is 0.0820. The summed E-state index contributed by atoms with van der Waals surface area (Å²) < 4.78 is 0.879. The largest absolute Gasteiger partial charge is 0.369 e. The number of rotatable bonds is 7. The van der Waals surface area contributed by atoms with E-state index in [1.54, 1.807) is 16.7 Å². The van der Waals surface area contributed by atoms with Crippen LogP contribution in [0.5, 0.6) is 0 Å². The van der Waals surface area contributed by atoms with Crippen LogP contribution in [0.1, 0.15) is 23.2 Å². The van der Waals surface area contributed by atoms with E-state index in [4.69, 9.17) is 5.73 Å². The fourth-order valence-electron chi connectivity index (χ4n) is 2.39. The number of nitrogens with zero attached hydrogens (tertiary/aromatic N) is 3. The summed E-state index contributed by atoms with van der Waals surface area (Å²) in [7, 11) is 0. The number of anilines is 2. The molecule has 0 spiro atoms. The molecular weight excluding hydrogens is 400 g/mol. The van der Waals surface area contributed by atoms with Gasteiger partial charge in [-0.15, -0.1) is 22.7 Å². The van der Waals surface area contributed by atoms with Crippen molar-refractivity contribution in [3.8, 4) is 0 Å². The number of thioether (sulfide) groups is 1. The van der Waals surface area contributed by atoms with Crippen LogP contribution >= 0.6 is 34.4 Å². The topological polar surface area (TPSA) is 89.2 Å². The number of nitrogens with two attached hydrogens (primary N) is 1. The van der Waals surface area contributed by atoms with E-state index in [1.807, 2.05) is 42.6 Å². The Morgan fingerprint density at radius 1 is 1.22 bits per heavy atom. The molecule has 27 heavy (non-hydrogen) atoms. The molecule has 0 aliphatic rings. The highest BCUT2D eigenvalue weighted by molar-refractivity contribution is 8.00. The Labute approximate surface area is 169 Å². The van der Waals surface area contributed by atoms with Crippen LogP contribution in [0.25, 0.3) is 0 Å². The van der Waals surface area contributed by atoms with Crippen molar-refractivity contribution in [2.45, 2.75) is 30.4 Å². The molecule has 0 radical (unpaired) electrons. The fraction of sp³-hybridized carbons (Fsp3) is 0.222. The van der Waals surface area contributed by atoms with Gasteiger partial charge in [-0.25, -0.2) is 9.97 Å². The first-order chi connectivity index (χ1) is 12.9. The molecule has 0 fully saturated rings. The monoisotopic (exact) mass is 418 g/mol. The molecule has 0 aliphatic carbocycles. The highest BCUT2D eigenvalue weighted by Gasteiger charge is 2.18. The van der Waals surface area contributed by atoms with E-state index in [0.29, 0.717) is 10.9 Å². The third-order valence-electron chi connectivity index (χ3n) is 3.61. The summed E-state index contributed by atoms with van der Waals surface area (Å²) in [6.45, 7) is 3.41. The lowest BCUT2D eigenvalue weighted by molar-refractivity contribution is -0.117. The van der Waals surface area contributed by atoms with Gasteiger partial charge >= 0.3 is 0 Å². The van der Waals surface area contributed by atoms with Crippen LogP contribution in [0, 0.1) is 6.92 Å². The van der Waals surface area contributed by atoms with Crippen molar-refractivity contribution in [1.82, 2.24) is 9.97 Å². The van der Waals surface area contributed by atoms with Gasteiger partial charge in [0.05, 0.1) is 23.5 Å². The lowest BCUT2D eigenvalue weighted by atomic mass is 10.3. The van der Waals surface area contributed by atoms with Gasteiger partial charge in [-0.05, 0) is 19.1 Å². The average molecular weight is 419 g/mol. The van der Waals surface area contributed by atoms with E-state index in [9.17, 15) is 9.59 Å². The summed E-state index contributed by atoms with van der Waals surface area (Å²) in [6, 6.07) is 9.47. The Hall–Kier alpha value is -2.23. The first kappa shape index (κ1) is 19.5. The molecular formula is C18H18N4O2S3. The van der Waals surface area contributed by atoms with Crippen molar-refractivity contribution in [3.63, 3.8) is 0 Å². The van der Waals surface area contributed by atoms with E-state index in [0.717, 1.165) is 26.3 Å². The van der Waals surface area contributed by atoms with Crippen molar-refractivity contribution >= 4 is 57.1 Å². The molecule has 140 valence electrons. The molecule has 3 aromatic rings. The number of primary amides is 1. The van der Waals surface area contributed by atoms with Crippen LogP contribution < -0.4 is 10.6 Å². The summed E-state index contributed by atoms with van der Waals surface area (Å²) in [5.41, 5.74) is 7.78. The predicted molar refractivity (Wildman–Crippen MR) is 111 cm³/mol. The maximum absolute atomic E-state index is 12.1. The average Bonchev–Trinajstić information content (AvgIpc) is 3.21. The molecule has 0 saturated carbocycles. The summed E-state index contributed by atoms with van der Waals surface area (Å²) in [5.74, 6) is 0.203. The molecule has 0 unspecified atom stereocenters. The smallest absolute Gasteiger partial charge is 0.230 e. The molecule has 9 heteroatoms. The van der Waals surface area contributed by atoms with Gasteiger partial charge in [-0.1, -0.05) is 30.0 Å². The van der Waals surface area contributed by atoms with Crippen molar-refractivity contribution < 1.29 is 9.59 Å². The van der Waals surface area contributed by atoms with Crippen LogP contribution in [-0.2, 0) is 21.8 Å². The number of hydrogen-bond donors (Lipinski definition) is 1. The van der Waals surface area contributed by atoms with E-state index in [-0.39, 0.29) is 18.2 Å². The zero-order chi connectivity index (χ0) is 19.4. The summed E-state index contributed by atoms with van der Waals surface area (Å²) in [5, 5.41) is 2.60. The summed E-state index contributed by atoms with van der Waals surface area (Å²) in [4.78, 5) is 34.8. The lowest BCUT2D eigenvalue weighted by Gasteiger charge is -2.17. The van der Waals surface area contributed by atoms with E-state index in [1.165, 1.54) is 29.6 Å². The predicted octanol–water partition coefficient (Wildman–Crippen LogP) is 3.91. The maximum atomic E-state index is 12.1. The van der Waals surface area contributed by atoms with Crippen LogP contribution in [0.4, 0.5) is 10.8 Å². The zero-order valence-electron chi connectivity index (χ0n) is 14.8. The molecule has 1 aromatic carbocycles. The second-order valence-electron chi connectivity index (χ2n) is 5.73. The number of benzene rings is 1. The lowest BCUT2D eigenvalue weighted by Crippen LogP contribution is -2.22. The number of thiazole rings is 2. The zero-order valence-corrected chi connectivity index (χ0v) is 17.3. The van der Waals surface area contributed by atoms with Crippen LogP contribution in [0.15, 0.2) is 40.1 Å². The third kappa shape index (κ3) is 4.94. The molecule has 2 aromatic heterocycles. The summed E-state index contributed by atoms with van der Waals surface area (Å²) in [6.07, 6.45) is 0.218. The second-order valence-corrected chi connectivity index (χ2v) is 8.87. The van der Waals surface area contributed by atoms with E-state index >= 15 is 0 Å². The molecule has 3 rings (SSSR count). The van der Waals surface area contributed by atoms with Crippen molar-refractivity contribution in [2.24, 2.45) is 5.73 Å². The van der Waals surface area contributed by atoms with Crippen LogP contribution in [0.2, 0.25) is 0 Å². The molecule has 2 N–H and O–H groups in total. The Morgan fingerprint density at radius 3 is 2.63 bits per heavy atom. The number of amides is 2. The first-order valence-electron chi connectivity index (χ1n) is 8.11. The molecule has 6 nitrogen and oxygen atoms in total. The van der Waals surface area contributed by atoms with Gasteiger partial charge in [-0.3, -0.25) is 14.5 Å². The van der Waals surface area contributed by atoms with Crippen molar-refractivity contribution in [3.05, 3.63) is 52.0 Å². The number of aromatic nitrogens is 2. The van der Waals surface area contributed by atoms with Gasteiger partial charge in [-0.2, -0.15) is 0 Å². The second kappa shape index (κ2) is 8.64. The number of para-hydroxylation sites is 1. The van der Waals surface area contributed by atoms with Crippen LogP contribution in [0.3, 0.4) is 0 Å². The fourth-order valence-corrected chi connectivity index (χ4v) is 5.52. The van der Waals surface area contributed by atoms with Crippen molar-refractivity contribution in [2.75, 3.05) is 4.90 Å². The molecule has 2 heterocycles. The van der Waals surface area contributed by atoms with Gasteiger partial charge in [0.15, 0.2) is 9.47 Å². The quantitative estimate of drug-likeness (QED) is 0.588. The highest BCUT2D eigenvalue weighted by Crippen LogP contribution is 2.33. The number of carbonyl (C=O) groups excluding carboxylic acids is 2. The minimum Gasteiger partial charge on any atom is -0.369 e. The maximum Gasteiger partial charge on any atom is 0.230 e. The molecule has 2 amide bonds. The molecule has 0 aliphatic heterocycles. The molecule has 0 saturated heterocycles. The van der Waals surface area contributed by atoms with E-state index in [2.05, 4.69) is 9.97 Å². The Balaban J connectivity index is 1.71. The van der Waals surface area contributed by atoms with Gasteiger partial charge < -0.3 is 5.73 Å². The van der Waals surface area contributed by atoms with Crippen molar-refractivity contribution in [1.29, 1.82) is 0 Å². The minimum atomic E-state index is -0.354. The van der Waals surface area contributed by atoms with Gasteiger partial charge in [0.25, 0.3) is 0 Å². The summed E-state index contributed by atoms with van der Waals surface area (Å²) >= 11 is 4.48. The molecule has 0 atom stereocenters. The van der Waals surface area contributed by atoms with Crippen LogP contribution in [-0.4, -0.2) is 21.8 Å². The van der Waals surface area contributed by atoms with Gasteiger partial charge in [0, 0.05) is 22.9 Å². The number of hydrogen-bond acceptors (Lipinski definition) is 7. The van der Waals surface area contributed by atoms with E-state index < -0.39 is 0 Å². The number of carbonyl (C=O) groups is 2. The Morgan fingerprint density at radius 2 is 1.96 bits per heavy atom. The third-order valence-corrected chi connectivity index (χ3v) is 6.82. The SMILES string of the molecule is CC(=O)N(c1ccccc1)c1nc(CSc2nc(C)c(CC(N)=O)s2)cs1. The Bertz CT molecular complexity index is 953. The highest BCUT2D eigenvalue weighted by atomic mass is 32.2. The number of aryl methyl sites for hydroxylation is 1. The van der Waals surface area contributed by atoms with Gasteiger partial charge in [0.2, 0.25) is 11.8 Å². The normalized spacial score (nSPS) is 10.7. The Kier molecular flexibility index (Phi) is 6.25. The molecule has 0 bridgehead atoms. The first-order valence-corrected chi connectivity index (χ1v) is 10.8. The van der Waals surface area contributed by atoms with Gasteiger partial charge in [0.1, 0.15) is 0 Å².